The molecule has 2 aromatic rings. The maximum absolute atomic E-state index is 14.5. The fraction of sp³-hybridized carbons (Fsp3) is 0.606. The van der Waals surface area contributed by atoms with E-state index in [2.05, 4.69) is 42.9 Å². The number of nitrogens with zero attached hydrogens (tertiary/aromatic N) is 2. The Morgan fingerprint density at radius 3 is 2.30 bits per heavy atom. The Balaban J connectivity index is 1.27. The smallest absolute Gasteiger partial charge is 0.279 e. The molecule has 2 aliphatic carbocycles. The molecule has 1 saturated carbocycles. The second-order valence-electron chi connectivity index (χ2n) is 15.7. The lowest BCUT2D eigenvalue weighted by molar-refractivity contribution is -0.123. The van der Waals surface area contributed by atoms with Gasteiger partial charge in [-0.25, -0.2) is 8.42 Å². The fourth-order valence-electron chi connectivity index (χ4n) is 8.78. The standard InChI is InChI=1S/C33H46N4O6S2Si/c1-31(2)29(43-31)23-13-10-19-33(28-22(23)12-9-16-26(28)36(3)30(33)38)35-45(41,42)34-32-18-11-17-27(32)37(25-15-8-7-14-24(25)32)44(39,40)20-21-46(4,5)6/h7-9,12,14-16,23,27,29,34-35H,10-11,13,17-21H2,1-6H3/t23-,27+,29+,32-,33-/m0/s1. The molecule has 0 bridgehead atoms. The number of carbonyl (C=O) groups is 1. The lowest BCUT2D eigenvalue weighted by Gasteiger charge is -2.36. The largest absolute Gasteiger partial charge is 0.366 e. The third-order valence-corrected chi connectivity index (χ3v) is 16.1. The van der Waals surface area contributed by atoms with Crippen LogP contribution >= 0.6 is 0 Å². The Labute approximate surface area is 274 Å². The predicted molar refractivity (Wildman–Crippen MR) is 182 cm³/mol. The van der Waals surface area contributed by atoms with E-state index in [9.17, 15) is 21.6 Å². The lowest BCUT2D eigenvalue weighted by Crippen LogP contribution is -2.61. The van der Waals surface area contributed by atoms with E-state index in [-0.39, 0.29) is 29.3 Å². The highest BCUT2D eigenvalue weighted by atomic mass is 32.2. The van der Waals surface area contributed by atoms with Gasteiger partial charge in [-0.2, -0.15) is 17.9 Å². The van der Waals surface area contributed by atoms with Crippen LogP contribution in [0.5, 0.6) is 0 Å². The minimum absolute atomic E-state index is 0.00690. The van der Waals surface area contributed by atoms with Crippen molar-refractivity contribution >= 4 is 45.6 Å². The van der Waals surface area contributed by atoms with Gasteiger partial charge in [0.1, 0.15) is 5.54 Å². The number of anilines is 2. The number of amides is 1. The number of ether oxygens (including phenoxy) is 1. The molecule has 2 aromatic carbocycles. The molecule has 13 heteroatoms. The van der Waals surface area contributed by atoms with E-state index in [4.69, 9.17) is 4.74 Å². The Morgan fingerprint density at radius 1 is 0.935 bits per heavy atom. The molecule has 0 spiro atoms. The van der Waals surface area contributed by atoms with Gasteiger partial charge < -0.3 is 9.64 Å². The molecule has 7 rings (SSSR count). The first-order chi connectivity index (χ1) is 21.4. The van der Waals surface area contributed by atoms with Crippen LogP contribution in [0.25, 0.3) is 0 Å². The van der Waals surface area contributed by atoms with Gasteiger partial charge in [0.15, 0.2) is 0 Å². The van der Waals surface area contributed by atoms with Crippen molar-refractivity contribution in [2.24, 2.45) is 0 Å². The summed E-state index contributed by atoms with van der Waals surface area (Å²) in [6.07, 6.45) is 3.37. The Bertz CT molecular complexity index is 1830. The zero-order valence-corrected chi connectivity index (χ0v) is 30.2. The summed E-state index contributed by atoms with van der Waals surface area (Å²) in [6, 6.07) is 13.1. The summed E-state index contributed by atoms with van der Waals surface area (Å²) in [5.41, 5.74) is 0.673. The first-order valence-corrected chi connectivity index (χ1v) is 23.3. The monoisotopic (exact) mass is 686 g/mol. The third kappa shape index (κ3) is 4.90. The van der Waals surface area contributed by atoms with Gasteiger partial charge >= 0.3 is 0 Å². The maximum atomic E-state index is 14.5. The van der Waals surface area contributed by atoms with E-state index >= 15 is 0 Å². The number of hydrogen-bond donors (Lipinski definition) is 2. The molecule has 5 atom stereocenters. The van der Waals surface area contributed by atoms with E-state index in [0.717, 1.165) is 12.0 Å². The van der Waals surface area contributed by atoms with E-state index in [1.54, 1.807) is 24.1 Å². The number of rotatable bonds is 9. The van der Waals surface area contributed by atoms with E-state index < -0.39 is 45.4 Å². The fourth-order valence-corrected chi connectivity index (χ4v) is 15.2. The molecule has 250 valence electrons. The van der Waals surface area contributed by atoms with Crippen molar-refractivity contribution in [3.8, 4) is 0 Å². The van der Waals surface area contributed by atoms with E-state index in [1.807, 2.05) is 30.3 Å². The Morgan fingerprint density at radius 2 is 1.61 bits per heavy atom. The van der Waals surface area contributed by atoms with Crippen LogP contribution in [-0.2, 0) is 40.8 Å². The van der Waals surface area contributed by atoms with Gasteiger partial charge in [-0.15, -0.1) is 0 Å². The number of epoxide rings is 1. The average Bonchev–Trinajstić information content (AvgIpc) is 3.23. The molecule has 2 fully saturated rings. The lowest BCUT2D eigenvalue weighted by atomic mass is 9.82. The molecule has 2 N–H and O–H groups in total. The van der Waals surface area contributed by atoms with Gasteiger partial charge in [0.2, 0.25) is 10.0 Å². The van der Waals surface area contributed by atoms with Crippen LogP contribution in [0, 0.1) is 0 Å². The quantitative estimate of drug-likeness (QED) is 0.292. The van der Waals surface area contributed by atoms with E-state index in [0.29, 0.717) is 60.6 Å². The zero-order chi connectivity index (χ0) is 33.1. The molecule has 0 unspecified atom stereocenters. The molecule has 3 heterocycles. The van der Waals surface area contributed by atoms with Gasteiger partial charge in [0.05, 0.1) is 34.7 Å². The Hall–Kier alpha value is -2.29. The molecule has 10 nitrogen and oxygen atoms in total. The summed E-state index contributed by atoms with van der Waals surface area (Å²) in [4.78, 5) is 15.8. The van der Waals surface area contributed by atoms with Crippen LogP contribution in [0.3, 0.4) is 0 Å². The zero-order valence-electron chi connectivity index (χ0n) is 27.6. The average molecular weight is 687 g/mol. The normalized spacial score (nSPS) is 31.4. The van der Waals surface area contributed by atoms with E-state index in [1.165, 1.54) is 4.31 Å². The third-order valence-electron chi connectivity index (χ3n) is 11.0. The number of likely N-dealkylation sites (N-methyl/N-ethyl adjacent to an activating group) is 1. The first-order valence-electron chi connectivity index (χ1n) is 16.5. The molecule has 5 aliphatic rings. The van der Waals surface area contributed by atoms with Crippen molar-refractivity contribution in [1.29, 1.82) is 0 Å². The summed E-state index contributed by atoms with van der Waals surface area (Å²) in [5.74, 6) is -0.237. The van der Waals surface area contributed by atoms with Crippen molar-refractivity contribution in [3.05, 3.63) is 59.2 Å². The topological polar surface area (TPSA) is 128 Å². The Kier molecular flexibility index (Phi) is 7.26. The van der Waals surface area contributed by atoms with Crippen LogP contribution in [-0.4, -0.2) is 61.4 Å². The molecule has 0 radical (unpaired) electrons. The van der Waals surface area contributed by atoms with Gasteiger partial charge in [0.25, 0.3) is 16.1 Å². The second-order valence-corrected chi connectivity index (χ2v) is 24.7. The van der Waals surface area contributed by atoms with Gasteiger partial charge in [-0.3, -0.25) is 9.10 Å². The number of benzene rings is 2. The van der Waals surface area contributed by atoms with Gasteiger partial charge in [-0.05, 0) is 81.7 Å². The first kappa shape index (κ1) is 32.3. The summed E-state index contributed by atoms with van der Waals surface area (Å²) >= 11 is 0. The number of sulfonamides is 1. The van der Waals surface area contributed by atoms with Crippen molar-refractivity contribution in [1.82, 2.24) is 9.44 Å². The van der Waals surface area contributed by atoms with Crippen molar-refractivity contribution < 1.29 is 26.4 Å². The molecule has 1 saturated heterocycles. The molecule has 1 amide bonds. The minimum atomic E-state index is -4.37. The SMILES string of the molecule is CN1C(=O)[C@]2(NS(=O)(=O)N[C@]34CCC[C@H]3N(S(=O)(=O)CC[Si](C)(C)C)c3ccccc34)CCC[C@H]([C@H]3OC3(C)C)c3cccc1c32. The number of nitrogens with one attached hydrogen (secondary N) is 2. The minimum Gasteiger partial charge on any atom is -0.366 e. The maximum Gasteiger partial charge on any atom is 0.279 e. The van der Waals surface area contributed by atoms with Crippen LogP contribution in [0.2, 0.25) is 25.7 Å². The summed E-state index contributed by atoms with van der Waals surface area (Å²) in [5, 5.41) is 0. The van der Waals surface area contributed by atoms with Crippen molar-refractivity contribution in [2.75, 3.05) is 22.0 Å². The predicted octanol–water partition coefficient (Wildman–Crippen LogP) is 4.66. The molecular weight excluding hydrogens is 641 g/mol. The summed E-state index contributed by atoms with van der Waals surface area (Å²) < 4.78 is 70.6. The van der Waals surface area contributed by atoms with Crippen molar-refractivity contribution in [3.63, 3.8) is 0 Å². The number of para-hydroxylation sites is 1. The highest BCUT2D eigenvalue weighted by Gasteiger charge is 2.62. The van der Waals surface area contributed by atoms with Crippen molar-refractivity contribution in [2.45, 2.75) is 113 Å². The molecule has 46 heavy (non-hydrogen) atoms. The van der Waals surface area contributed by atoms with Crippen LogP contribution in [0.1, 0.15) is 75.0 Å². The van der Waals surface area contributed by atoms with Crippen LogP contribution < -0.4 is 18.6 Å². The second kappa shape index (κ2) is 10.4. The number of carbonyl (C=O) groups excluding carboxylic acids is 1. The van der Waals surface area contributed by atoms with Gasteiger partial charge in [-0.1, -0.05) is 50.0 Å². The molecule has 0 aromatic heterocycles. The summed E-state index contributed by atoms with van der Waals surface area (Å²) in [7, 11) is -8.06. The van der Waals surface area contributed by atoms with Crippen LogP contribution in [0.15, 0.2) is 42.5 Å². The van der Waals surface area contributed by atoms with Gasteiger partial charge in [0, 0.05) is 32.3 Å². The molecule has 3 aliphatic heterocycles. The highest BCUT2D eigenvalue weighted by molar-refractivity contribution is 7.93. The highest BCUT2D eigenvalue weighted by Crippen LogP contribution is 2.56. The van der Waals surface area contributed by atoms with Crippen LogP contribution in [0.4, 0.5) is 11.4 Å². The summed E-state index contributed by atoms with van der Waals surface area (Å²) in [6.45, 7) is 10.6. The number of fused-ring (bicyclic) bond motifs is 3. The number of hydrogen-bond acceptors (Lipinski definition) is 6. The molecular formula is C33H46N4O6S2Si.